The Balaban J connectivity index is 1.21. The second-order valence-corrected chi connectivity index (χ2v) is 11.0. The van der Waals surface area contributed by atoms with Crippen LogP contribution in [0.1, 0.15) is 22.2 Å². The number of Topliss-reactive ketones (excluding diaryl/α,β-unsaturated/α-hetero) is 1. The molecule has 0 bridgehead atoms. The summed E-state index contributed by atoms with van der Waals surface area (Å²) in [7, 11) is 0. The highest BCUT2D eigenvalue weighted by molar-refractivity contribution is 7.17. The number of H-pyrrole nitrogens is 2. The second kappa shape index (κ2) is 10.5. The lowest BCUT2D eigenvalue weighted by Crippen LogP contribution is -2.14. The van der Waals surface area contributed by atoms with Gasteiger partial charge in [0, 0.05) is 50.9 Å². The Kier molecular flexibility index (Phi) is 6.37. The van der Waals surface area contributed by atoms with Crippen LogP contribution in [0.25, 0.3) is 55.0 Å². The summed E-state index contributed by atoms with van der Waals surface area (Å²) >= 11 is 1.47. The third-order valence-corrected chi connectivity index (χ3v) is 8.21. The molecule has 9 nitrogen and oxygen atoms in total. The maximum atomic E-state index is 12.6. The van der Waals surface area contributed by atoms with Gasteiger partial charge in [0.15, 0.2) is 11.4 Å². The lowest BCUT2D eigenvalue weighted by atomic mass is 10.1. The van der Waals surface area contributed by atoms with Crippen molar-refractivity contribution in [2.24, 2.45) is 0 Å². The van der Waals surface area contributed by atoms with Gasteiger partial charge in [-0.2, -0.15) is 5.10 Å². The monoisotopic (exact) mass is 569 g/mol. The first-order chi connectivity index (χ1) is 20.5. The van der Waals surface area contributed by atoms with E-state index in [1.165, 1.54) is 11.3 Å². The summed E-state index contributed by atoms with van der Waals surface area (Å²) in [5.74, 6) is -0.0634. The third kappa shape index (κ3) is 4.84. The normalized spacial score (nSPS) is 11.3. The molecule has 0 aliphatic rings. The fraction of sp³-hybridized carbons (Fsp3) is 0.0625. The lowest BCUT2D eigenvalue weighted by Gasteiger charge is -2.07. The summed E-state index contributed by atoms with van der Waals surface area (Å²) in [4.78, 5) is 43.0. The van der Waals surface area contributed by atoms with Gasteiger partial charge in [-0.15, -0.1) is 11.3 Å². The average Bonchev–Trinajstić information content (AvgIpc) is 3.75. The molecule has 7 aromatic rings. The van der Waals surface area contributed by atoms with Gasteiger partial charge in [0.05, 0.1) is 34.6 Å². The Morgan fingerprint density at radius 1 is 0.905 bits per heavy atom. The van der Waals surface area contributed by atoms with Crippen LogP contribution in [-0.2, 0) is 11.2 Å². The van der Waals surface area contributed by atoms with E-state index in [2.05, 4.69) is 35.5 Å². The van der Waals surface area contributed by atoms with Crippen molar-refractivity contribution in [2.75, 3.05) is 5.32 Å². The SMILES string of the molecule is CC(=O)c1ccc(-c2ccnc3[nH]c(-c4[nH]nc5ncc(-c6cncc(NC(=O)Cc7ccccc7)c6)cc45)cc23)s1. The minimum absolute atomic E-state index is 0.0499. The Hall–Kier alpha value is -5.48. The first-order valence-electron chi connectivity index (χ1n) is 13.2. The van der Waals surface area contributed by atoms with Gasteiger partial charge in [-0.1, -0.05) is 30.3 Å². The van der Waals surface area contributed by atoms with E-state index < -0.39 is 0 Å². The van der Waals surface area contributed by atoms with Crippen LogP contribution in [0.15, 0.2) is 91.5 Å². The number of aromatic nitrogens is 6. The predicted molar refractivity (Wildman–Crippen MR) is 164 cm³/mol. The molecular formula is C32H23N7O2S. The van der Waals surface area contributed by atoms with E-state index in [-0.39, 0.29) is 18.1 Å². The maximum Gasteiger partial charge on any atom is 0.228 e. The summed E-state index contributed by atoms with van der Waals surface area (Å²) < 4.78 is 0. The second-order valence-electron chi connectivity index (χ2n) is 9.89. The molecule has 0 unspecified atom stereocenters. The largest absolute Gasteiger partial charge is 0.338 e. The van der Waals surface area contributed by atoms with Crippen LogP contribution in [0.5, 0.6) is 0 Å². The van der Waals surface area contributed by atoms with Crippen molar-refractivity contribution in [3.05, 3.63) is 102 Å². The quantitative estimate of drug-likeness (QED) is 0.184. The Morgan fingerprint density at radius 3 is 2.60 bits per heavy atom. The molecule has 0 saturated carbocycles. The van der Waals surface area contributed by atoms with Crippen LogP contribution in [0.3, 0.4) is 0 Å². The van der Waals surface area contributed by atoms with E-state index >= 15 is 0 Å². The molecule has 42 heavy (non-hydrogen) atoms. The molecule has 6 aromatic heterocycles. The highest BCUT2D eigenvalue weighted by Gasteiger charge is 2.17. The number of ketones is 1. The summed E-state index contributed by atoms with van der Waals surface area (Å²) in [6.07, 6.45) is 7.15. The summed E-state index contributed by atoms with van der Waals surface area (Å²) in [5.41, 5.74) is 7.10. The van der Waals surface area contributed by atoms with E-state index in [1.54, 1.807) is 31.7 Å². The number of nitrogens with one attached hydrogen (secondary N) is 3. The molecule has 0 spiro atoms. The zero-order valence-corrected chi connectivity index (χ0v) is 23.2. The topological polar surface area (TPSA) is 129 Å². The summed E-state index contributed by atoms with van der Waals surface area (Å²) in [6.45, 7) is 1.58. The number of carbonyl (C=O) groups is 2. The molecule has 10 heteroatoms. The molecule has 0 atom stereocenters. The van der Waals surface area contributed by atoms with Gasteiger partial charge in [0.2, 0.25) is 5.91 Å². The molecule has 0 aliphatic carbocycles. The van der Waals surface area contributed by atoms with E-state index in [9.17, 15) is 9.59 Å². The molecule has 0 radical (unpaired) electrons. The van der Waals surface area contributed by atoms with Crippen LogP contribution in [0.4, 0.5) is 5.69 Å². The number of nitrogens with zero attached hydrogens (tertiary/aromatic N) is 4. The zero-order chi connectivity index (χ0) is 28.6. The number of thiophene rings is 1. The maximum absolute atomic E-state index is 12.6. The van der Waals surface area contributed by atoms with Crippen molar-refractivity contribution >= 4 is 50.8 Å². The molecule has 204 valence electrons. The summed E-state index contributed by atoms with van der Waals surface area (Å²) in [6, 6.07) is 21.3. The standard InChI is InChI=1S/C32H23N7O2S/c1-18(40)27-7-8-28(42-27)23-9-10-34-31-24(23)14-26(37-31)30-25-13-21(16-35-32(25)39-38-30)20-12-22(17-33-15-20)36-29(41)11-19-5-3-2-4-6-19/h2-10,12-17H,11H2,1H3,(H,34,37)(H,36,41)(H,35,38,39). The Morgan fingerprint density at radius 2 is 1.76 bits per heavy atom. The van der Waals surface area contributed by atoms with Gasteiger partial charge in [-0.3, -0.25) is 19.7 Å². The van der Waals surface area contributed by atoms with Gasteiger partial charge < -0.3 is 10.3 Å². The Labute approximate surface area is 243 Å². The van der Waals surface area contributed by atoms with Crippen molar-refractivity contribution in [2.45, 2.75) is 13.3 Å². The number of benzene rings is 1. The van der Waals surface area contributed by atoms with Crippen LogP contribution >= 0.6 is 11.3 Å². The van der Waals surface area contributed by atoms with Crippen LogP contribution in [-0.4, -0.2) is 41.8 Å². The van der Waals surface area contributed by atoms with Crippen molar-refractivity contribution in [3.8, 4) is 33.0 Å². The number of hydrogen-bond donors (Lipinski definition) is 3. The molecule has 0 fully saturated rings. The van der Waals surface area contributed by atoms with Crippen molar-refractivity contribution in [1.29, 1.82) is 0 Å². The van der Waals surface area contributed by atoms with E-state index in [0.29, 0.717) is 11.3 Å². The number of carbonyl (C=O) groups excluding carboxylic acids is 2. The average molecular weight is 570 g/mol. The molecule has 7 rings (SSSR count). The minimum atomic E-state index is -0.113. The molecule has 0 aliphatic heterocycles. The zero-order valence-electron chi connectivity index (χ0n) is 22.4. The van der Waals surface area contributed by atoms with Crippen LogP contribution in [0, 0.1) is 0 Å². The predicted octanol–water partition coefficient (Wildman–Crippen LogP) is 6.68. The number of amides is 1. The third-order valence-electron chi connectivity index (χ3n) is 6.99. The van der Waals surface area contributed by atoms with Crippen molar-refractivity contribution in [3.63, 3.8) is 0 Å². The number of fused-ring (bicyclic) bond motifs is 2. The van der Waals surface area contributed by atoms with Crippen molar-refractivity contribution in [1.82, 2.24) is 30.1 Å². The highest BCUT2D eigenvalue weighted by atomic mass is 32.1. The first kappa shape index (κ1) is 25.5. The van der Waals surface area contributed by atoms with Gasteiger partial charge in [0.25, 0.3) is 0 Å². The highest BCUT2D eigenvalue weighted by Crippen LogP contribution is 2.36. The van der Waals surface area contributed by atoms with Crippen LogP contribution < -0.4 is 5.32 Å². The first-order valence-corrected chi connectivity index (χ1v) is 14.1. The van der Waals surface area contributed by atoms with E-state index in [1.807, 2.05) is 66.7 Å². The molecule has 6 heterocycles. The van der Waals surface area contributed by atoms with Gasteiger partial charge in [-0.05, 0) is 48.9 Å². The number of pyridine rings is 3. The molecular weight excluding hydrogens is 546 g/mol. The number of anilines is 1. The van der Waals surface area contributed by atoms with Gasteiger partial charge in [-0.25, -0.2) is 9.97 Å². The summed E-state index contributed by atoms with van der Waals surface area (Å²) in [5, 5.41) is 12.3. The van der Waals surface area contributed by atoms with E-state index in [4.69, 9.17) is 0 Å². The fourth-order valence-electron chi connectivity index (χ4n) is 4.96. The fourth-order valence-corrected chi connectivity index (χ4v) is 5.90. The van der Waals surface area contributed by atoms with E-state index in [0.717, 1.165) is 59.8 Å². The number of aromatic amines is 2. The van der Waals surface area contributed by atoms with Crippen LogP contribution in [0.2, 0.25) is 0 Å². The number of rotatable bonds is 7. The molecule has 0 saturated heterocycles. The molecule has 1 amide bonds. The molecule has 1 aromatic carbocycles. The molecule has 3 N–H and O–H groups in total. The van der Waals surface area contributed by atoms with Gasteiger partial charge in [0.1, 0.15) is 5.65 Å². The lowest BCUT2D eigenvalue weighted by molar-refractivity contribution is -0.115. The van der Waals surface area contributed by atoms with Gasteiger partial charge >= 0.3 is 0 Å². The Bertz CT molecular complexity index is 2110. The van der Waals surface area contributed by atoms with Crippen molar-refractivity contribution < 1.29 is 9.59 Å². The minimum Gasteiger partial charge on any atom is -0.338 e. The number of hydrogen-bond acceptors (Lipinski definition) is 7. The smallest absolute Gasteiger partial charge is 0.228 e.